The molecule has 0 unspecified atom stereocenters. The van der Waals surface area contributed by atoms with E-state index >= 15 is 0 Å². The summed E-state index contributed by atoms with van der Waals surface area (Å²) in [6.07, 6.45) is 8.01. The zero-order valence-corrected chi connectivity index (χ0v) is 12.8. The number of pyridine rings is 1. The second kappa shape index (κ2) is 6.77. The summed E-state index contributed by atoms with van der Waals surface area (Å²) in [7, 11) is 0. The molecule has 2 aliphatic rings. The van der Waals surface area contributed by atoms with Gasteiger partial charge in [0.1, 0.15) is 0 Å². The van der Waals surface area contributed by atoms with Crippen LogP contribution in [-0.2, 0) is 4.79 Å². The Balaban J connectivity index is 1.69. The van der Waals surface area contributed by atoms with Crippen molar-refractivity contribution in [1.29, 1.82) is 0 Å². The lowest BCUT2D eigenvalue weighted by molar-refractivity contribution is -0.119. The zero-order chi connectivity index (χ0) is 15.4. The second-order valence-electron chi connectivity index (χ2n) is 5.91. The normalized spacial score (nSPS) is 19.2. The molecule has 0 aliphatic carbocycles. The van der Waals surface area contributed by atoms with Gasteiger partial charge in [0, 0.05) is 45.5 Å². The molecule has 0 aromatic carbocycles. The first-order valence-electron chi connectivity index (χ1n) is 7.96. The van der Waals surface area contributed by atoms with E-state index in [9.17, 15) is 9.59 Å². The molecule has 0 spiro atoms. The summed E-state index contributed by atoms with van der Waals surface area (Å²) < 4.78 is 0. The lowest BCUT2D eigenvalue weighted by atomic mass is 10.1. The van der Waals surface area contributed by atoms with Crippen LogP contribution in [0.5, 0.6) is 0 Å². The minimum Gasteiger partial charge on any atom is -0.370 e. The van der Waals surface area contributed by atoms with Crippen molar-refractivity contribution in [3.8, 4) is 0 Å². The number of nitrogens with zero attached hydrogens (tertiary/aromatic N) is 4. The first-order valence-corrected chi connectivity index (χ1v) is 7.96. The van der Waals surface area contributed by atoms with Crippen LogP contribution in [-0.4, -0.2) is 66.4 Å². The highest BCUT2D eigenvalue weighted by atomic mass is 16.2. The maximum absolute atomic E-state index is 12.6. The molecule has 0 N–H and O–H groups in total. The van der Waals surface area contributed by atoms with E-state index in [4.69, 9.17) is 0 Å². The van der Waals surface area contributed by atoms with Gasteiger partial charge in [0.25, 0.3) is 5.91 Å². The smallest absolute Gasteiger partial charge is 0.255 e. The van der Waals surface area contributed by atoms with Crippen molar-refractivity contribution in [2.75, 3.05) is 44.2 Å². The Morgan fingerprint density at radius 3 is 2.41 bits per heavy atom. The average Bonchev–Trinajstić information content (AvgIpc) is 2.62. The van der Waals surface area contributed by atoms with E-state index in [-0.39, 0.29) is 5.91 Å². The van der Waals surface area contributed by atoms with Crippen LogP contribution in [0.2, 0.25) is 0 Å². The third-order valence-electron chi connectivity index (χ3n) is 4.44. The summed E-state index contributed by atoms with van der Waals surface area (Å²) in [4.78, 5) is 33.4. The van der Waals surface area contributed by atoms with Crippen LogP contribution in [0.3, 0.4) is 0 Å². The van der Waals surface area contributed by atoms with E-state index in [1.165, 1.54) is 19.3 Å². The molecule has 0 saturated carbocycles. The highest BCUT2D eigenvalue weighted by Gasteiger charge is 2.22. The van der Waals surface area contributed by atoms with E-state index in [1.807, 2.05) is 12.3 Å². The van der Waals surface area contributed by atoms with E-state index in [2.05, 4.69) is 9.88 Å². The number of piperazine rings is 1. The molecular formula is C16H22N4O2. The number of rotatable bonds is 3. The van der Waals surface area contributed by atoms with Gasteiger partial charge >= 0.3 is 0 Å². The zero-order valence-electron chi connectivity index (χ0n) is 12.8. The highest BCUT2D eigenvalue weighted by Crippen LogP contribution is 2.20. The fourth-order valence-electron chi connectivity index (χ4n) is 3.08. The number of carbonyl (C=O) groups is 2. The number of hydrogen-bond acceptors (Lipinski definition) is 4. The number of amides is 2. The second-order valence-corrected chi connectivity index (χ2v) is 5.91. The van der Waals surface area contributed by atoms with Gasteiger partial charge in [-0.15, -0.1) is 0 Å². The summed E-state index contributed by atoms with van der Waals surface area (Å²) in [5, 5.41) is 0. The van der Waals surface area contributed by atoms with Gasteiger partial charge in [-0.2, -0.15) is 0 Å². The summed E-state index contributed by atoms with van der Waals surface area (Å²) in [6, 6.07) is 1.95. The number of piperidine rings is 1. The SMILES string of the molecule is O=CN1CCN(C(=O)c2cncc(N3CCCCC3)c2)CC1. The summed E-state index contributed by atoms with van der Waals surface area (Å²) in [5.74, 6) is 0.0110. The molecule has 0 radical (unpaired) electrons. The Bertz CT molecular complexity index is 535. The maximum Gasteiger partial charge on any atom is 0.255 e. The van der Waals surface area contributed by atoms with Gasteiger partial charge in [0.15, 0.2) is 0 Å². The Hall–Kier alpha value is -2.11. The molecule has 3 rings (SSSR count). The largest absolute Gasteiger partial charge is 0.370 e. The predicted molar refractivity (Wildman–Crippen MR) is 83.8 cm³/mol. The van der Waals surface area contributed by atoms with E-state index in [1.54, 1.807) is 16.0 Å². The molecule has 2 fully saturated rings. The molecule has 1 aromatic rings. The van der Waals surface area contributed by atoms with Crippen LogP contribution in [0.1, 0.15) is 29.6 Å². The van der Waals surface area contributed by atoms with Gasteiger partial charge in [-0.1, -0.05) is 0 Å². The van der Waals surface area contributed by atoms with Crippen LogP contribution in [0, 0.1) is 0 Å². The van der Waals surface area contributed by atoms with Crippen molar-refractivity contribution in [3.05, 3.63) is 24.0 Å². The minimum absolute atomic E-state index is 0.0110. The van der Waals surface area contributed by atoms with Crippen molar-refractivity contribution in [3.63, 3.8) is 0 Å². The molecule has 2 saturated heterocycles. The summed E-state index contributed by atoms with van der Waals surface area (Å²) >= 11 is 0. The summed E-state index contributed by atoms with van der Waals surface area (Å²) in [6.45, 7) is 4.47. The quantitative estimate of drug-likeness (QED) is 0.781. The average molecular weight is 302 g/mol. The molecule has 3 heterocycles. The third kappa shape index (κ3) is 3.21. The molecule has 2 amide bonds. The van der Waals surface area contributed by atoms with E-state index < -0.39 is 0 Å². The van der Waals surface area contributed by atoms with Crippen molar-refractivity contribution < 1.29 is 9.59 Å². The van der Waals surface area contributed by atoms with Crippen molar-refractivity contribution in [1.82, 2.24) is 14.8 Å². The van der Waals surface area contributed by atoms with Gasteiger partial charge in [0.2, 0.25) is 6.41 Å². The van der Waals surface area contributed by atoms with E-state index in [0.717, 1.165) is 25.2 Å². The van der Waals surface area contributed by atoms with Crippen molar-refractivity contribution in [2.45, 2.75) is 19.3 Å². The fraction of sp³-hybridized carbons (Fsp3) is 0.562. The monoisotopic (exact) mass is 302 g/mol. The molecule has 0 bridgehead atoms. The number of aromatic nitrogens is 1. The fourth-order valence-corrected chi connectivity index (χ4v) is 3.08. The first kappa shape index (κ1) is 14.8. The highest BCUT2D eigenvalue weighted by molar-refractivity contribution is 5.95. The molecule has 6 nitrogen and oxygen atoms in total. The van der Waals surface area contributed by atoms with Gasteiger partial charge in [0.05, 0.1) is 17.4 Å². The van der Waals surface area contributed by atoms with Crippen LogP contribution >= 0.6 is 0 Å². The molecule has 22 heavy (non-hydrogen) atoms. The molecular weight excluding hydrogens is 280 g/mol. The first-order chi connectivity index (χ1) is 10.8. The Kier molecular flexibility index (Phi) is 4.56. The lowest BCUT2D eigenvalue weighted by Gasteiger charge is -2.33. The van der Waals surface area contributed by atoms with Crippen LogP contribution in [0.15, 0.2) is 18.5 Å². The minimum atomic E-state index is 0.0110. The Labute approximate surface area is 130 Å². The van der Waals surface area contributed by atoms with Gasteiger partial charge in [-0.25, -0.2) is 0 Å². The molecule has 0 atom stereocenters. The van der Waals surface area contributed by atoms with Crippen LogP contribution < -0.4 is 4.90 Å². The van der Waals surface area contributed by atoms with E-state index in [0.29, 0.717) is 31.7 Å². The molecule has 118 valence electrons. The van der Waals surface area contributed by atoms with Gasteiger partial charge in [-0.05, 0) is 25.3 Å². The standard InChI is InChI=1S/C16H22N4O2/c21-13-18-6-8-20(9-7-18)16(22)14-10-15(12-17-11-14)19-4-2-1-3-5-19/h10-13H,1-9H2. The van der Waals surface area contributed by atoms with Crippen molar-refractivity contribution >= 4 is 18.0 Å². The Morgan fingerprint density at radius 1 is 1.00 bits per heavy atom. The number of anilines is 1. The maximum atomic E-state index is 12.6. The molecule has 1 aromatic heterocycles. The predicted octanol–water partition coefficient (Wildman–Crippen LogP) is 0.986. The Morgan fingerprint density at radius 2 is 1.73 bits per heavy atom. The van der Waals surface area contributed by atoms with Crippen LogP contribution in [0.25, 0.3) is 0 Å². The van der Waals surface area contributed by atoms with Gasteiger partial charge in [-0.3, -0.25) is 14.6 Å². The third-order valence-corrected chi connectivity index (χ3v) is 4.44. The van der Waals surface area contributed by atoms with Crippen LogP contribution in [0.4, 0.5) is 5.69 Å². The summed E-state index contributed by atoms with van der Waals surface area (Å²) in [5.41, 5.74) is 1.68. The number of carbonyl (C=O) groups excluding carboxylic acids is 2. The molecule has 6 heteroatoms. The molecule has 2 aliphatic heterocycles. The lowest BCUT2D eigenvalue weighted by Crippen LogP contribution is -2.48. The van der Waals surface area contributed by atoms with Gasteiger partial charge < -0.3 is 14.7 Å². The number of hydrogen-bond donors (Lipinski definition) is 0. The van der Waals surface area contributed by atoms with Crippen molar-refractivity contribution in [2.24, 2.45) is 0 Å². The topological polar surface area (TPSA) is 56.8 Å².